The van der Waals surface area contributed by atoms with Crippen LogP contribution >= 0.6 is 11.6 Å². The van der Waals surface area contributed by atoms with Gasteiger partial charge in [-0.25, -0.2) is 0 Å². The van der Waals surface area contributed by atoms with E-state index in [9.17, 15) is 4.79 Å². The van der Waals surface area contributed by atoms with Gasteiger partial charge >= 0.3 is 0 Å². The average molecular weight is 143 g/mol. The van der Waals surface area contributed by atoms with Gasteiger partial charge < -0.3 is 0 Å². The SMILES string of the molecule is CC1=C/C(=C\Cl)CC1=O. The van der Waals surface area contributed by atoms with Gasteiger partial charge in [-0.05, 0) is 18.1 Å². The van der Waals surface area contributed by atoms with Crippen LogP contribution in [0.2, 0.25) is 0 Å². The molecule has 0 amide bonds. The summed E-state index contributed by atoms with van der Waals surface area (Å²) in [5.41, 5.74) is 3.18. The third kappa shape index (κ3) is 1.22. The Hall–Kier alpha value is -0.560. The maximum atomic E-state index is 10.8. The van der Waals surface area contributed by atoms with Crippen molar-refractivity contribution in [2.45, 2.75) is 13.3 Å². The zero-order valence-corrected chi connectivity index (χ0v) is 5.90. The summed E-state index contributed by atoms with van der Waals surface area (Å²) in [5, 5.41) is 0. The van der Waals surface area contributed by atoms with Gasteiger partial charge in [0.1, 0.15) is 0 Å². The molecular formula is C7H7ClO. The van der Waals surface area contributed by atoms with Crippen LogP contribution < -0.4 is 0 Å². The molecular weight excluding hydrogens is 136 g/mol. The molecule has 0 aromatic carbocycles. The number of carbonyl (C=O) groups excluding carboxylic acids is 1. The number of ketones is 1. The first kappa shape index (κ1) is 6.56. The Bertz CT molecular complexity index is 201. The van der Waals surface area contributed by atoms with E-state index in [1.807, 2.05) is 6.08 Å². The summed E-state index contributed by atoms with van der Waals surface area (Å²) in [5.74, 6) is 0.182. The van der Waals surface area contributed by atoms with E-state index in [4.69, 9.17) is 11.6 Å². The van der Waals surface area contributed by atoms with E-state index in [0.29, 0.717) is 6.42 Å². The van der Waals surface area contributed by atoms with Crippen molar-refractivity contribution in [2.75, 3.05) is 0 Å². The highest BCUT2D eigenvalue weighted by Crippen LogP contribution is 2.19. The molecule has 1 nitrogen and oxygen atoms in total. The molecule has 0 N–H and O–H groups in total. The molecule has 9 heavy (non-hydrogen) atoms. The van der Waals surface area contributed by atoms with Gasteiger partial charge in [0.05, 0.1) is 0 Å². The lowest BCUT2D eigenvalue weighted by Gasteiger charge is -1.83. The lowest BCUT2D eigenvalue weighted by Crippen LogP contribution is -1.89. The van der Waals surface area contributed by atoms with Crippen molar-refractivity contribution in [3.05, 3.63) is 22.8 Å². The summed E-state index contributed by atoms with van der Waals surface area (Å²) in [7, 11) is 0. The van der Waals surface area contributed by atoms with Crippen LogP contribution in [0.25, 0.3) is 0 Å². The number of hydrogen-bond acceptors (Lipinski definition) is 1. The van der Waals surface area contributed by atoms with Gasteiger partial charge in [0.15, 0.2) is 5.78 Å². The second-order valence-corrected chi connectivity index (χ2v) is 2.33. The lowest BCUT2D eigenvalue weighted by atomic mass is 10.2. The smallest absolute Gasteiger partial charge is 0.162 e. The molecule has 0 heterocycles. The first-order chi connectivity index (χ1) is 4.24. The second-order valence-electron chi connectivity index (χ2n) is 2.11. The van der Waals surface area contributed by atoms with E-state index in [2.05, 4.69) is 0 Å². The molecule has 0 saturated carbocycles. The molecule has 1 aliphatic carbocycles. The number of Topliss-reactive ketones (excluding diaryl/α,β-unsaturated/α-hetero) is 1. The number of halogens is 1. The van der Waals surface area contributed by atoms with Crippen molar-refractivity contribution >= 4 is 17.4 Å². The summed E-state index contributed by atoms with van der Waals surface area (Å²) < 4.78 is 0. The van der Waals surface area contributed by atoms with E-state index in [1.54, 1.807) is 6.92 Å². The third-order valence-corrected chi connectivity index (χ3v) is 1.63. The number of rotatable bonds is 0. The van der Waals surface area contributed by atoms with Crippen LogP contribution in [0.4, 0.5) is 0 Å². The molecule has 1 rings (SSSR count). The van der Waals surface area contributed by atoms with E-state index in [1.165, 1.54) is 5.54 Å². The van der Waals surface area contributed by atoms with Gasteiger partial charge in [-0.3, -0.25) is 4.79 Å². The molecule has 0 saturated heterocycles. The second kappa shape index (κ2) is 2.36. The van der Waals surface area contributed by atoms with Crippen molar-refractivity contribution in [3.8, 4) is 0 Å². The highest BCUT2D eigenvalue weighted by atomic mass is 35.5. The van der Waals surface area contributed by atoms with Crippen LogP contribution in [0.3, 0.4) is 0 Å². The molecule has 0 fully saturated rings. The van der Waals surface area contributed by atoms with Crippen LogP contribution in [0.1, 0.15) is 13.3 Å². The average Bonchev–Trinajstić information content (AvgIpc) is 2.13. The number of hydrogen-bond donors (Lipinski definition) is 0. The topological polar surface area (TPSA) is 17.1 Å². The Morgan fingerprint density at radius 1 is 1.78 bits per heavy atom. The van der Waals surface area contributed by atoms with E-state index in [0.717, 1.165) is 11.1 Å². The fourth-order valence-electron chi connectivity index (χ4n) is 0.805. The minimum absolute atomic E-state index is 0.182. The Morgan fingerprint density at radius 3 is 2.67 bits per heavy atom. The molecule has 0 spiro atoms. The first-order valence-corrected chi connectivity index (χ1v) is 3.18. The Kier molecular flexibility index (Phi) is 1.72. The van der Waals surface area contributed by atoms with Gasteiger partial charge in [0.25, 0.3) is 0 Å². The maximum Gasteiger partial charge on any atom is 0.162 e. The minimum atomic E-state index is 0.182. The fourth-order valence-corrected chi connectivity index (χ4v) is 0.945. The quantitative estimate of drug-likeness (QED) is 0.506. The first-order valence-electron chi connectivity index (χ1n) is 2.75. The van der Waals surface area contributed by atoms with Crippen molar-refractivity contribution in [2.24, 2.45) is 0 Å². The van der Waals surface area contributed by atoms with E-state index < -0.39 is 0 Å². The molecule has 1 aliphatic rings. The normalized spacial score (nSPS) is 23.1. The molecule has 0 radical (unpaired) electrons. The third-order valence-electron chi connectivity index (χ3n) is 1.35. The van der Waals surface area contributed by atoms with Crippen LogP contribution in [0.15, 0.2) is 22.8 Å². The highest BCUT2D eigenvalue weighted by Gasteiger charge is 2.13. The predicted octanol–water partition coefficient (Wildman–Crippen LogP) is 2.03. The highest BCUT2D eigenvalue weighted by molar-refractivity contribution is 6.26. The van der Waals surface area contributed by atoms with Gasteiger partial charge in [-0.15, -0.1) is 0 Å². The monoisotopic (exact) mass is 142 g/mol. The van der Waals surface area contributed by atoms with Crippen molar-refractivity contribution in [1.82, 2.24) is 0 Å². The molecule has 0 aliphatic heterocycles. The van der Waals surface area contributed by atoms with Gasteiger partial charge in [0.2, 0.25) is 0 Å². The summed E-state index contributed by atoms with van der Waals surface area (Å²) in [6.07, 6.45) is 2.30. The van der Waals surface area contributed by atoms with E-state index in [-0.39, 0.29) is 5.78 Å². The van der Waals surface area contributed by atoms with Gasteiger partial charge in [0, 0.05) is 12.0 Å². The van der Waals surface area contributed by atoms with E-state index >= 15 is 0 Å². The molecule has 2 heteroatoms. The zero-order valence-electron chi connectivity index (χ0n) is 5.15. The number of carbonyl (C=O) groups is 1. The van der Waals surface area contributed by atoms with Crippen LogP contribution in [-0.4, -0.2) is 5.78 Å². The Morgan fingerprint density at radius 2 is 2.44 bits per heavy atom. The summed E-state index contributed by atoms with van der Waals surface area (Å²) in [4.78, 5) is 10.8. The largest absolute Gasteiger partial charge is 0.294 e. The van der Waals surface area contributed by atoms with Crippen LogP contribution in [0.5, 0.6) is 0 Å². The molecule has 0 atom stereocenters. The van der Waals surface area contributed by atoms with Crippen molar-refractivity contribution < 1.29 is 4.79 Å². The maximum absolute atomic E-state index is 10.8. The summed E-state index contributed by atoms with van der Waals surface area (Å²) in [6.45, 7) is 1.80. The zero-order chi connectivity index (χ0) is 6.85. The summed E-state index contributed by atoms with van der Waals surface area (Å²) >= 11 is 5.38. The minimum Gasteiger partial charge on any atom is -0.294 e. The molecule has 0 aromatic heterocycles. The molecule has 0 unspecified atom stereocenters. The molecule has 0 bridgehead atoms. The van der Waals surface area contributed by atoms with Crippen molar-refractivity contribution in [3.63, 3.8) is 0 Å². The van der Waals surface area contributed by atoms with Crippen LogP contribution in [-0.2, 0) is 4.79 Å². The predicted molar refractivity (Wildman–Crippen MR) is 37.3 cm³/mol. The Labute approximate surface area is 59.0 Å². The van der Waals surface area contributed by atoms with Gasteiger partial charge in [-0.1, -0.05) is 17.7 Å². The van der Waals surface area contributed by atoms with Crippen molar-refractivity contribution in [1.29, 1.82) is 0 Å². The lowest BCUT2D eigenvalue weighted by molar-refractivity contribution is -0.114. The molecule has 0 aromatic rings. The van der Waals surface area contributed by atoms with Gasteiger partial charge in [-0.2, -0.15) is 0 Å². The Balaban J connectivity index is 2.86. The standard InChI is InChI=1S/C7H7ClO/c1-5-2-6(4-8)3-7(5)9/h2,4H,3H2,1H3/b6-4+. The molecule has 48 valence electrons. The fraction of sp³-hybridized carbons (Fsp3) is 0.286. The van der Waals surface area contributed by atoms with Crippen LogP contribution in [0, 0.1) is 0 Å². The summed E-state index contributed by atoms with van der Waals surface area (Å²) in [6, 6.07) is 0. The number of allylic oxidation sites excluding steroid dienone is 3.